The fourth-order valence-electron chi connectivity index (χ4n) is 5.79. The summed E-state index contributed by atoms with van der Waals surface area (Å²) in [5.41, 5.74) is 0.932. The number of benzene rings is 1. The van der Waals surface area contributed by atoms with E-state index in [1.807, 2.05) is 0 Å². The van der Waals surface area contributed by atoms with Gasteiger partial charge in [0.25, 0.3) is 5.56 Å². The molecule has 0 fully saturated rings. The molecule has 192 valence electrons. The molecule has 3 aliphatic rings. The summed E-state index contributed by atoms with van der Waals surface area (Å²) < 4.78 is 21.4. The van der Waals surface area contributed by atoms with Crippen molar-refractivity contribution in [3.8, 4) is 11.4 Å². The maximum absolute atomic E-state index is 14.8. The second-order valence-corrected chi connectivity index (χ2v) is 10.2. The maximum atomic E-state index is 14.8. The monoisotopic (exact) mass is 527 g/mol. The molecular weight excluding hydrogens is 505 g/mol. The number of aliphatic hydroxyl groups is 2. The second-order valence-electron chi connectivity index (χ2n) is 9.78. The summed E-state index contributed by atoms with van der Waals surface area (Å²) in [5, 5.41) is 24.4. The topological polar surface area (TPSA) is 131 Å². The van der Waals surface area contributed by atoms with Crippen LogP contribution in [-0.2, 0) is 39.5 Å². The zero-order chi connectivity index (χ0) is 26.4. The third-order valence-electron chi connectivity index (χ3n) is 7.74. The van der Waals surface area contributed by atoms with Gasteiger partial charge in [0.2, 0.25) is 5.91 Å². The molecule has 3 aromatic rings. The van der Waals surface area contributed by atoms with E-state index < -0.39 is 41.0 Å². The zero-order valence-electron chi connectivity index (χ0n) is 20.0. The maximum Gasteiger partial charge on any atom is 0.343 e. The van der Waals surface area contributed by atoms with E-state index >= 15 is 0 Å². The SMILES string of the molecule is CC[C@@]1(O)C(=O)OCc2c1cc1n(c2=O)Cc2c-1nc1cc(F)c(Cl)c3c1c2C(NC(=O)[C@H](C)O)CC3. The molecule has 37 heavy (non-hydrogen) atoms. The van der Waals surface area contributed by atoms with Crippen LogP contribution in [0.1, 0.15) is 60.5 Å². The third-order valence-corrected chi connectivity index (χ3v) is 8.15. The molecule has 0 saturated heterocycles. The zero-order valence-corrected chi connectivity index (χ0v) is 20.8. The lowest BCUT2D eigenvalue weighted by atomic mass is 9.83. The van der Waals surface area contributed by atoms with Gasteiger partial charge in [-0.1, -0.05) is 18.5 Å². The number of cyclic esters (lactones) is 1. The van der Waals surface area contributed by atoms with Crippen LogP contribution in [0.4, 0.5) is 4.39 Å². The van der Waals surface area contributed by atoms with Crippen molar-refractivity contribution in [2.75, 3.05) is 0 Å². The molecule has 3 N–H and O–H groups in total. The predicted molar refractivity (Wildman–Crippen MR) is 130 cm³/mol. The Labute approximate surface area is 214 Å². The van der Waals surface area contributed by atoms with Crippen molar-refractivity contribution < 1.29 is 28.9 Å². The summed E-state index contributed by atoms with van der Waals surface area (Å²) in [4.78, 5) is 43.2. The molecule has 3 atom stereocenters. The Bertz CT molecular complexity index is 1620. The van der Waals surface area contributed by atoms with Crippen molar-refractivity contribution in [3.05, 3.63) is 61.1 Å². The van der Waals surface area contributed by atoms with Gasteiger partial charge in [0.15, 0.2) is 5.60 Å². The van der Waals surface area contributed by atoms with E-state index in [0.29, 0.717) is 51.8 Å². The molecular formula is C26H23ClFN3O6. The lowest BCUT2D eigenvalue weighted by Gasteiger charge is -2.31. The average Bonchev–Trinajstić information content (AvgIpc) is 3.24. The van der Waals surface area contributed by atoms with Gasteiger partial charge in [0.1, 0.15) is 18.5 Å². The number of amides is 1. The third kappa shape index (κ3) is 3.22. The first-order chi connectivity index (χ1) is 17.6. The normalized spacial score (nSPS) is 22.2. The van der Waals surface area contributed by atoms with Gasteiger partial charge in [0.05, 0.1) is 40.1 Å². The van der Waals surface area contributed by atoms with E-state index in [9.17, 15) is 29.0 Å². The Balaban J connectivity index is 1.65. The molecule has 11 heteroatoms. The summed E-state index contributed by atoms with van der Waals surface area (Å²) in [6.45, 7) is 2.84. The molecule has 9 nitrogen and oxygen atoms in total. The van der Waals surface area contributed by atoms with Crippen molar-refractivity contribution in [3.63, 3.8) is 0 Å². The van der Waals surface area contributed by atoms with Gasteiger partial charge in [-0.3, -0.25) is 9.59 Å². The number of halogens is 2. The first-order valence-electron chi connectivity index (χ1n) is 12.1. The number of esters is 1. The highest BCUT2D eigenvalue weighted by atomic mass is 35.5. The van der Waals surface area contributed by atoms with Crippen LogP contribution < -0.4 is 10.9 Å². The fourth-order valence-corrected chi connectivity index (χ4v) is 6.03. The molecule has 2 aliphatic heterocycles. The van der Waals surface area contributed by atoms with Crippen LogP contribution in [0.2, 0.25) is 5.02 Å². The molecule has 1 unspecified atom stereocenters. The average molecular weight is 528 g/mol. The number of hydrogen-bond donors (Lipinski definition) is 3. The van der Waals surface area contributed by atoms with Gasteiger partial charge in [-0.15, -0.1) is 0 Å². The van der Waals surface area contributed by atoms with E-state index in [1.165, 1.54) is 17.6 Å². The molecule has 1 amide bonds. The summed E-state index contributed by atoms with van der Waals surface area (Å²) >= 11 is 6.34. The van der Waals surface area contributed by atoms with Crippen LogP contribution in [-0.4, -0.2) is 37.7 Å². The van der Waals surface area contributed by atoms with Crippen molar-refractivity contribution in [1.29, 1.82) is 0 Å². The van der Waals surface area contributed by atoms with Gasteiger partial charge in [-0.05, 0) is 43.4 Å². The molecule has 0 bridgehead atoms. The smallest absolute Gasteiger partial charge is 0.343 e. The molecule has 6 rings (SSSR count). The van der Waals surface area contributed by atoms with Crippen LogP contribution in [0, 0.1) is 5.82 Å². The Hall–Kier alpha value is -3.34. The standard InChI is InChI=1S/C26H23ClFN3O6/c1-3-26(36)14-6-18-22-12(8-31(18)24(34)13(14)9-37-25(26)35)20-16(30-23(33)10(2)32)5-4-11-19(20)17(29-22)7-15(28)21(11)27/h6-7,10,16,32,36H,3-5,8-9H2,1-2H3,(H,30,33)/t10-,16?,26-/m0/s1. The number of carbonyl (C=O) groups excluding carboxylic acids is 2. The van der Waals surface area contributed by atoms with E-state index in [2.05, 4.69) is 5.32 Å². The van der Waals surface area contributed by atoms with Crippen LogP contribution in [0.15, 0.2) is 16.9 Å². The van der Waals surface area contributed by atoms with Crippen LogP contribution in [0.25, 0.3) is 22.3 Å². The molecule has 0 saturated carbocycles. The van der Waals surface area contributed by atoms with Gasteiger partial charge in [-0.2, -0.15) is 0 Å². The summed E-state index contributed by atoms with van der Waals surface area (Å²) in [7, 11) is 0. The number of pyridine rings is 2. The van der Waals surface area contributed by atoms with Crippen LogP contribution in [0.5, 0.6) is 0 Å². The number of aliphatic hydroxyl groups excluding tert-OH is 1. The number of fused-ring (bicyclic) bond motifs is 5. The number of ether oxygens (including phenoxy) is 1. The number of rotatable bonds is 3. The van der Waals surface area contributed by atoms with E-state index in [4.69, 9.17) is 21.3 Å². The summed E-state index contributed by atoms with van der Waals surface area (Å²) in [5.74, 6) is -2.01. The van der Waals surface area contributed by atoms with Gasteiger partial charge >= 0.3 is 5.97 Å². The molecule has 1 aliphatic carbocycles. The van der Waals surface area contributed by atoms with Gasteiger partial charge < -0.3 is 24.8 Å². The minimum atomic E-state index is -1.98. The lowest BCUT2D eigenvalue weighted by molar-refractivity contribution is -0.172. The molecule has 2 aromatic heterocycles. The van der Waals surface area contributed by atoms with Crippen molar-refractivity contribution in [1.82, 2.24) is 14.9 Å². The fraction of sp³-hybridized carbons (Fsp3) is 0.385. The van der Waals surface area contributed by atoms with Crippen molar-refractivity contribution >= 4 is 34.4 Å². The highest BCUT2D eigenvalue weighted by molar-refractivity contribution is 6.32. The van der Waals surface area contributed by atoms with E-state index in [-0.39, 0.29) is 35.7 Å². The number of aromatic nitrogens is 2. The van der Waals surface area contributed by atoms with E-state index in [0.717, 1.165) is 0 Å². The van der Waals surface area contributed by atoms with Gasteiger partial charge in [0, 0.05) is 22.6 Å². The Morgan fingerprint density at radius 1 is 1.35 bits per heavy atom. The number of aryl methyl sites for hydroxylation is 1. The molecule has 4 heterocycles. The number of nitrogens with one attached hydrogen (secondary N) is 1. The second kappa shape index (κ2) is 8.08. The number of hydrogen-bond acceptors (Lipinski definition) is 7. The van der Waals surface area contributed by atoms with Crippen molar-refractivity contribution in [2.24, 2.45) is 0 Å². The van der Waals surface area contributed by atoms with Gasteiger partial charge in [-0.25, -0.2) is 14.2 Å². The minimum absolute atomic E-state index is 0.00546. The lowest BCUT2D eigenvalue weighted by Crippen LogP contribution is -2.44. The molecule has 1 aromatic carbocycles. The highest BCUT2D eigenvalue weighted by Crippen LogP contribution is 2.46. The number of nitrogens with zero attached hydrogens (tertiary/aromatic N) is 2. The Morgan fingerprint density at radius 2 is 2.11 bits per heavy atom. The highest BCUT2D eigenvalue weighted by Gasteiger charge is 2.46. The molecule has 0 radical (unpaired) electrons. The van der Waals surface area contributed by atoms with E-state index in [1.54, 1.807) is 13.0 Å². The predicted octanol–water partition coefficient (Wildman–Crippen LogP) is 2.36. The summed E-state index contributed by atoms with van der Waals surface area (Å²) in [6, 6.07) is 2.27. The first-order valence-corrected chi connectivity index (χ1v) is 12.4. The molecule has 0 spiro atoms. The van der Waals surface area contributed by atoms with Crippen molar-refractivity contribution in [2.45, 2.75) is 64.0 Å². The minimum Gasteiger partial charge on any atom is -0.458 e. The quantitative estimate of drug-likeness (QED) is 0.349. The van der Waals surface area contributed by atoms with Crippen LogP contribution in [0.3, 0.4) is 0 Å². The summed E-state index contributed by atoms with van der Waals surface area (Å²) in [6.07, 6.45) is -0.444. The Morgan fingerprint density at radius 3 is 2.81 bits per heavy atom. The number of carbonyl (C=O) groups is 2. The first kappa shape index (κ1) is 24.0. The Kier molecular flexibility index (Phi) is 5.24. The largest absolute Gasteiger partial charge is 0.458 e. The van der Waals surface area contributed by atoms with Crippen LogP contribution >= 0.6 is 11.6 Å².